The molecule has 2 aromatic rings. The molecule has 4 heterocycles. The molecule has 0 unspecified atom stereocenters. The maximum Gasteiger partial charge on any atom is 0.410 e. The monoisotopic (exact) mass is 689 g/mol. The van der Waals surface area contributed by atoms with Crippen molar-refractivity contribution in [1.82, 2.24) is 19.8 Å². The summed E-state index contributed by atoms with van der Waals surface area (Å²) in [6, 6.07) is 6.47. The van der Waals surface area contributed by atoms with E-state index in [1.807, 2.05) is 24.3 Å². The number of allylic oxidation sites excluding steroid dienone is 1. The molecule has 1 aromatic carbocycles. The second-order valence-corrected chi connectivity index (χ2v) is 15.6. The number of carbonyl (C=O) groups is 4. The Balaban J connectivity index is 1.21. The van der Waals surface area contributed by atoms with Gasteiger partial charge in [0.2, 0.25) is 11.8 Å². The predicted molar refractivity (Wildman–Crippen MR) is 170 cm³/mol. The topological polar surface area (TPSA) is 168 Å². The van der Waals surface area contributed by atoms with Crippen LogP contribution in [-0.2, 0) is 42.2 Å². The van der Waals surface area contributed by atoms with E-state index in [4.69, 9.17) is 22.1 Å². The Kier molecular flexibility index (Phi) is 9.16. The summed E-state index contributed by atoms with van der Waals surface area (Å²) in [6.07, 6.45) is 6.11. The molecule has 46 heavy (non-hydrogen) atoms. The van der Waals surface area contributed by atoms with Gasteiger partial charge in [0.05, 0.1) is 19.1 Å². The van der Waals surface area contributed by atoms with E-state index in [-0.39, 0.29) is 30.1 Å². The average Bonchev–Trinajstić information content (AvgIpc) is 3.48. The molecule has 246 valence electrons. The molecule has 3 aliphatic heterocycles. The highest BCUT2D eigenvalue weighted by Gasteiger charge is 2.61. The fourth-order valence-corrected chi connectivity index (χ4v) is 8.75. The van der Waals surface area contributed by atoms with E-state index in [1.165, 1.54) is 15.9 Å². The molecule has 4 amide bonds. The molecular weight excluding hydrogens is 654 g/mol. The fraction of sp³-hybridized carbons (Fsp3) is 0.484. The Morgan fingerprint density at radius 3 is 2.72 bits per heavy atom. The van der Waals surface area contributed by atoms with E-state index in [9.17, 15) is 27.6 Å². The molecule has 4 aliphatic rings. The van der Waals surface area contributed by atoms with Crippen molar-refractivity contribution < 1.29 is 32.3 Å². The number of thiophene rings is 1. The van der Waals surface area contributed by atoms with Gasteiger partial charge < -0.3 is 20.7 Å². The third-order valence-electron chi connectivity index (χ3n) is 9.12. The number of nitrogens with zero attached hydrogens (tertiary/aromatic N) is 2. The van der Waals surface area contributed by atoms with Crippen LogP contribution in [-0.4, -0.2) is 72.3 Å². The van der Waals surface area contributed by atoms with Gasteiger partial charge in [-0.25, -0.2) is 17.9 Å². The van der Waals surface area contributed by atoms with Crippen LogP contribution in [0.15, 0.2) is 52.1 Å². The summed E-state index contributed by atoms with van der Waals surface area (Å²) >= 11 is 7.28. The van der Waals surface area contributed by atoms with Crippen LogP contribution in [0.5, 0.6) is 0 Å². The number of hydrogen-bond donors (Lipinski definition) is 3. The molecule has 1 aliphatic carbocycles. The number of rotatable bonds is 4. The Hall–Kier alpha value is -3.46. The van der Waals surface area contributed by atoms with Crippen LogP contribution in [0.1, 0.15) is 56.1 Å². The minimum absolute atomic E-state index is 0.0106. The zero-order valence-corrected chi connectivity index (χ0v) is 27.4. The summed E-state index contributed by atoms with van der Waals surface area (Å²) in [5.41, 5.74) is 6.54. The van der Waals surface area contributed by atoms with Crippen LogP contribution in [0.25, 0.3) is 0 Å². The lowest BCUT2D eigenvalue weighted by atomic mass is 10.1. The zero-order valence-electron chi connectivity index (χ0n) is 25.0. The number of fused-ring (bicyclic) bond motifs is 3. The van der Waals surface area contributed by atoms with Crippen molar-refractivity contribution in [1.29, 1.82) is 0 Å². The summed E-state index contributed by atoms with van der Waals surface area (Å²) < 4.78 is 33.8. The molecule has 0 spiro atoms. The van der Waals surface area contributed by atoms with Crippen LogP contribution in [0.3, 0.4) is 0 Å². The van der Waals surface area contributed by atoms with Crippen LogP contribution in [0, 0.1) is 5.92 Å². The van der Waals surface area contributed by atoms with Crippen LogP contribution < -0.4 is 15.8 Å². The van der Waals surface area contributed by atoms with E-state index in [1.54, 1.807) is 17.5 Å². The van der Waals surface area contributed by atoms with Crippen molar-refractivity contribution in [3.05, 3.63) is 64.0 Å². The van der Waals surface area contributed by atoms with Gasteiger partial charge in [-0.1, -0.05) is 54.8 Å². The number of carbonyl (C=O) groups excluding carboxylic acids is 4. The quantitative estimate of drug-likeness (QED) is 0.412. The van der Waals surface area contributed by atoms with Crippen molar-refractivity contribution in [2.24, 2.45) is 11.7 Å². The van der Waals surface area contributed by atoms with Crippen LogP contribution in [0.4, 0.5) is 4.79 Å². The van der Waals surface area contributed by atoms with E-state index in [0.717, 1.165) is 48.1 Å². The van der Waals surface area contributed by atoms with Gasteiger partial charge in [0.25, 0.3) is 15.9 Å². The SMILES string of the molecule is N[C@H]1CCCCC/C=C\[C@@H]2C[C@@]2(C(=O)NS(=O)(=O)c2cccs2)NC(=O)[C@@H]2C[C@@H](OC(=O)N3Cc4cccc(Cl)c4C3)CN2C1=O. The Morgan fingerprint density at radius 1 is 1.13 bits per heavy atom. The number of amides is 4. The maximum absolute atomic E-state index is 13.9. The number of hydrogen-bond acceptors (Lipinski definition) is 9. The molecule has 5 atom stereocenters. The van der Waals surface area contributed by atoms with Gasteiger partial charge in [-0.15, -0.1) is 11.3 Å². The lowest BCUT2D eigenvalue weighted by Gasteiger charge is -2.28. The third kappa shape index (κ3) is 6.53. The molecular formula is C31H36ClN5O7S2. The molecule has 6 rings (SSSR count). The Bertz CT molecular complexity index is 1670. The number of nitrogens with one attached hydrogen (secondary N) is 2. The van der Waals surface area contributed by atoms with Crippen LogP contribution >= 0.6 is 22.9 Å². The van der Waals surface area contributed by atoms with Gasteiger partial charge in [0.15, 0.2) is 0 Å². The summed E-state index contributed by atoms with van der Waals surface area (Å²) in [5, 5.41) is 4.94. The van der Waals surface area contributed by atoms with Gasteiger partial charge in [-0.3, -0.25) is 19.3 Å². The zero-order chi connectivity index (χ0) is 32.6. The first-order valence-electron chi connectivity index (χ1n) is 15.4. The summed E-state index contributed by atoms with van der Waals surface area (Å²) in [6.45, 7) is 0.548. The third-order valence-corrected chi connectivity index (χ3v) is 12.2. The van der Waals surface area contributed by atoms with Gasteiger partial charge in [-0.2, -0.15) is 0 Å². The lowest BCUT2D eigenvalue weighted by molar-refractivity contribution is -0.140. The molecule has 1 saturated carbocycles. The second kappa shape index (κ2) is 13.0. The van der Waals surface area contributed by atoms with E-state index >= 15 is 0 Å². The van der Waals surface area contributed by atoms with E-state index < -0.39 is 63.5 Å². The average molecular weight is 690 g/mol. The van der Waals surface area contributed by atoms with Crippen molar-refractivity contribution >= 4 is 56.8 Å². The van der Waals surface area contributed by atoms with Gasteiger partial charge in [0, 0.05) is 23.9 Å². The standard InChI is InChI=1S/C31H36ClN5O7S2/c32-23-10-6-8-19-16-36(18-22(19)23)30(41)44-21-14-25-27(38)34-31(29(40)35-46(42,43)26-12-7-13-45-26)15-20(31)9-4-2-1-3-5-11-24(33)28(39)37(25)17-21/h4,6-10,12-13,20-21,24-25H,1-3,5,11,14-18,33H2,(H,34,38)(H,35,40)/b9-4-/t20-,21-,24+,25+,31-/m1/s1. The first-order chi connectivity index (χ1) is 22.0. The van der Waals surface area contributed by atoms with Gasteiger partial charge in [0.1, 0.15) is 21.9 Å². The highest BCUT2D eigenvalue weighted by Crippen LogP contribution is 2.46. The van der Waals surface area contributed by atoms with Crippen molar-refractivity contribution in [2.45, 2.75) is 86.0 Å². The maximum atomic E-state index is 13.9. The minimum atomic E-state index is -4.15. The normalized spacial score (nSPS) is 29.0. The number of ether oxygens (including phenoxy) is 1. The van der Waals surface area contributed by atoms with Crippen molar-refractivity contribution in [2.75, 3.05) is 6.54 Å². The number of benzene rings is 1. The number of sulfonamides is 1. The summed E-state index contributed by atoms with van der Waals surface area (Å²) in [5.74, 6) is -2.38. The molecule has 2 fully saturated rings. The van der Waals surface area contributed by atoms with Gasteiger partial charge in [-0.05, 0) is 54.3 Å². The molecule has 1 aromatic heterocycles. The minimum Gasteiger partial charge on any atom is -0.444 e. The summed E-state index contributed by atoms with van der Waals surface area (Å²) in [4.78, 5) is 57.1. The largest absolute Gasteiger partial charge is 0.444 e. The molecule has 15 heteroatoms. The van der Waals surface area contributed by atoms with Crippen molar-refractivity contribution in [3.63, 3.8) is 0 Å². The van der Waals surface area contributed by atoms with Crippen molar-refractivity contribution in [3.8, 4) is 0 Å². The highest BCUT2D eigenvalue weighted by atomic mass is 35.5. The molecule has 0 bridgehead atoms. The molecule has 12 nitrogen and oxygen atoms in total. The summed E-state index contributed by atoms with van der Waals surface area (Å²) in [7, 11) is -4.15. The van der Waals surface area contributed by atoms with Crippen LogP contribution in [0.2, 0.25) is 5.02 Å². The lowest BCUT2D eigenvalue weighted by Crippen LogP contribution is -2.57. The highest BCUT2D eigenvalue weighted by molar-refractivity contribution is 7.92. The Labute approximate surface area is 276 Å². The second-order valence-electron chi connectivity index (χ2n) is 12.3. The number of nitrogens with two attached hydrogens (primary N) is 1. The first kappa shape index (κ1) is 32.5. The number of halogens is 1. The molecule has 0 radical (unpaired) electrons. The van der Waals surface area contributed by atoms with E-state index in [2.05, 4.69) is 10.0 Å². The Morgan fingerprint density at radius 2 is 1.96 bits per heavy atom. The predicted octanol–water partition coefficient (Wildman–Crippen LogP) is 3.05. The first-order valence-corrected chi connectivity index (χ1v) is 18.1. The van der Waals surface area contributed by atoms with E-state index in [0.29, 0.717) is 18.0 Å². The fourth-order valence-electron chi connectivity index (χ4n) is 6.47. The molecule has 1 saturated heterocycles. The van der Waals surface area contributed by atoms with Gasteiger partial charge >= 0.3 is 6.09 Å². The molecule has 4 N–H and O–H groups in total. The smallest absolute Gasteiger partial charge is 0.410 e.